The third-order valence-corrected chi connectivity index (χ3v) is 6.10. The Kier molecular flexibility index (Phi) is 5.31. The van der Waals surface area contributed by atoms with E-state index in [9.17, 15) is 22.8 Å². The maximum atomic E-state index is 12.1. The van der Waals surface area contributed by atoms with Crippen LogP contribution in [-0.2, 0) is 24.4 Å². The van der Waals surface area contributed by atoms with Gasteiger partial charge in [-0.25, -0.2) is 13.1 Å². The number of carbonyl (C=O) groups is 3. The number of nitrogens with one attached hydrogen (secondary N) is 1. The lowest BCUT2D eigenvalue weighted by Crippen LogP contribution is -2.62. The lowest BCUT2D eigenvalue weighted by Gasteiger charge is -2.43. The van der Waals surface area contributed by atoms with E-state index in [1.165, 1.54) is 28.0 Å². The highest BCUT2D eigenvalue weighted by molar-refractivity contribution is 7.89. The van der Waals surface area contributed by atoms with Crippen molar-refractivity contribution in [1.29, 1.82) is 0 Å². The zero-order valence-corrected chi connectivity index (χ0v) is 15.4. The van der Waals surface area contributed by atoms with Crippen LogP contribution in [0.4, 0.5) is 0 Å². The summed E-state index contributed by atoms with van der Waals surface area (Å²) in [5.41, 5.74) is 0. The van der Waals surface area contributed by atoms with E-state index in [4.69, 9.17) is 11.6 Å². The summed E-state index contributed by atoms with van der Waals surface area (Å²) in [6.45, 7) is 0.561. The van der Waals surface area contributed by atoms with Crippen LogP contribution < -0.4 is 4.72 Å². The van der Waals surface area contributed by atoms with Gasteiger partial charge in [0.15, 0.2) is 0 Å². The number of halogens is 1. The van der Waals surface area contributed by atoms with Gasteiger partial charge in [0.1, 0.15) is 0 Å². The maximum absolute atomic E-state index is 12.1. The largest absolute Gasteiger partial charge is 0.338 e. The molecule has 0 radical (unpaired) electrons. The van der Waals surface area contributed by atoms with Crippen molar-refractivity contribution in [2.75, 3.05) is 19.6 Å². The van der Waals surface area contributed by atoms with Crippen LogP contribution in [0.1, 0.15) is 19.3 Å². The molecule has 3 rings (SSSR count). The van der Waals surface area contributed by atoms with E-state index in [0.717, 1.165) is 0 Å². The van der Waals surface area contributed by atoms with Gasteiger partial charge in [0.05, 0.1) is 10.9 Å². The first kappa shape index (κ1) is 18.8. The number of hydrogen-bond donors (Lipinski definition) is 1. The summed E-state index contributed by atoms with van der Waals surface area (Å²) in [6.07, 6.45) is 0.456. The maximum Gasteiger partial charge on any atom is 0.240 e. The van der Waals surface area contributed by atoms with E-state index in [1.54, 1.807) is 6.07 Å². The second kappa shape index (κ2) is 7.34. The van der Waals surface area contributed by atoms with Gasteiger partial charge in [-0.2, -0.15) is 0 Å². The fraction of sp³-hybridized carbons (Fsp3) is 0.438. The quantitative estimate of drug-likeness (QED) is 0.696. The van der Waals surface area contributed by atoms with Crippen molar-refractivity contribution in [3.8, 4) is 0 Å². The summed E-state index contributed by atoms with van der Waals surface area (Å²) in [5, 5.41) is 0.307. The topological polar surface area (TPSA) is 104 Å². The monoisotopic (exact) mass is 399 g/mol. The number of benzene rings is 1. The second-order valence-electron chi connectivity index (χ2n) is 6.22. The Labute approximate surface area is 156 Å². The molecule has 3 amide bonds. The third-order valence-electron chi connectivity index (χ3n) is 4.41. The van der Waals surface area contributed by atoms with Crippen molar-refractivity contribution < 1.29 is 22.8 Å². The van der Waals surface area contributed by atoms with Crippen LogP contribution in [0.15, 0.2) is 29.2 Å². The Hall–Kier alpha value is -1.97. The molecule has 2 aliphatic heterocycles. The molecule has 10 heteroatoms. The molecule has 1 aromatic carbocycles. The normalized spacial score (nSPS) is 18.3. The second-order valence-corrected chi connectivity index (χ2v) is 8.42. The van der Waals surface area contributed by atoms with Crippen LogP contribution in [0.25, 0.3) is 0 Å². The molecule has 140 valence electrons. The number of sulfonamides is 1. The van der Waals surface area contributed by atoms with E-state index in [0.29, 0.717) is 18.1 Å². The summed E-state index contributed by atoms with van der Waals surface area (Å²) >= 11 is 5.79. The van der Waals surface area contributed by atoms with E-state index in [-0.39, 0.29) is 54.5 Å². The van der Waals surface area contributed by atoms with Crippen molar-refractivity contribution >= 4 is 39.3 Å². The predicted octanol–water partition coefficient (Wildman–Crippen LogP) is 0.368. The predicted molar refractivity (Wildman–Crippen MR) is 92.7 cm³/mol. The molecule has 0 spiro atoms. The van der Waals surface area contributed by atoms with Gasteiger partial charge >= 0.3 is 0 Å². The summed E-state index contributed by atoms with van der Waals surface area (Å²) in [4.78, 5) is 38.2. The first-order valence-corrected chi connectivity index (χ1v) is 10.0. The lowest BCUT2D eigenvalue weighted by molar-refractivity contribution is -0.151. The van der Waals surface area contributed by atoms with Crippen molar-refractivity contribution in [2.45, 2.75) is 30.2 Å². The minimum atomic E-state index is -3.73. The Balaban J connectivity index is 1.45. The number of hydrogen-bond acceptors (Lipinski definition) is 5. The minimum Gasteiger partial charge on any atom is -0.338 e. The van der Waals surface area contributed by atoms with Crippen molar-refractivity contribution in [3.05, 3.63) is 29.3 Å². The molecular formula is C16H18ClN3O5S. The Morgan fingerprint density at radius 2 is 1.85 bits per heavy atom. The van der Waals surface area contributed by atoms with Gasteiger partial charge in [0, 0.05) is 43.9 Å². The molecule has 26 heavy (non-hydrogen) atoms. The van der Waals surface area contributed by atoms with Crippen LogP contribution in [-0.4, -0.2) is 61.6 Å². The number of likely N-dealkylation sites (tertiary alicyclic amines) is 2. The number of rotatable bonds is 6. The molecule has 8 nitrogen and oxygen atoms in total. The molecule has 2 heterocycles. The Morgan fingerprint density at radius 3 is 2.46 bits per heavy atom. The van der Waals surface area contributed by atoms with Crippen LogP contribution >= 0.6 is 11.6 Å². The lowest BCUT2D eigenvalue weighted by atomic mass is 10.1. The molecule has 2 fully saturated rings. The van der Waals surface area contributed by atoms with E-state index < -0.39 is 10.0 Å². The SMILES string of the molecule is O=C(CCNS(=O)(=O)c1cccc(Cl)c1)N1CC(N2C(=O)CCC2=O)C1. The Morgan fingerprint density at radius 1 is 1.19 bits per heavy atom. The summed E-state index contributed by atoms with van der Waals surface area (Å²) in [7, 11) is -3.73. The van der Waals surface area contributed by atoms with Gasteiger partial charge in [-0.3, -0.25) is 19.3 Å². The average molecular weight is 400 g/mol. The first-order valence-electron chi connectivity index (χ1n) is 8.16. The number of nitrogens with zero attached hydrogens (tertiary/aromatic N) is 2. The zero-order valence-electron chi connectivity index (χ0n) is 13.9. The molecule has 1 N–H and O–H groups in total. The van der Waals surface area contributed by atoms with Crippen LogP contribution in [0.2, 0.25) is 5.02 Å². The van der Waals surface area contributed by atoms with Gasteiger partial charge in [-0.1, -0.05) is 17.7 Å². The third kappa shape index (κ3) is 3.89. The number of imide groups is 1. The van der Waals surface area contributed by atoms with Crippen molar-refractivity contribution in [2.24, 2.45) is 0 Å². The fourth-order valence-electron chi connectivity index (χ4n) is 2.99. The molecule has 0 aromatic heterocycles. The molecule has 0 atom stereocenters. The van der Waals surface area contributed by atoms with E-state index >= 15 is 0 Å². The number of carbonyl (C=O) groups excluding carboxylic acids is 3. The molecule has 0 bridgehead atoms. The van der Waals surface area contributed by atoms with Crippen molar-refractivity contribution in [3.63, 3.8) is 0 Å². The highest BCUT2D eigenvalue weighted by atomic mass is 35.5. The van der Waals surface area contributed by atoms with E-state index in [2.05, 4.69) is 4.72 Å². The molecule has 0 saturated carbocycles. The Bertz CT molecular complexity index is 835. The fourth-order valence-corrected chi connectivity index (χ4v) is 4.32. The molecule has 1 aromatic rings. The molecule has 2 aliphatic rings. The van der Waals surface area contributed by atoms with Gasteiger partial charge in [-0.15, -0.1) is 0 Å². The highest BCUT2D eigenvalue weighted by Gasteiger charge is 2.42. The van der Waals surface area contributed by atoms with E-state index in [1.807, 2.05) is 0 Å². The molecule has 0 unspecified atom stereocenters. The van der Waals surface area contributed by atoms with Gasteiger partial charge < -0.3 is 4.90 Å². The summed E-state index contributed by atoms with van der Waals surface area (Å²) < 4.78 is 26.6. The molecular weight excluding hydrogens is 382 g/mol. The summed E-state index contributed by atoms with van der Waals surface area (Å²) in [6, 6.07) is 5.59. The average Bonchev–Trinajstić information content (AvgIpc) is 2.86. The molecule has 2 saturated heterocycles. The zero-order chi connectivity index (χ0) is 18.9. The standard InChI is InChI=1S/C16H18ClN3O5S/c17-11-2-1-3-13(8-11)26(24,25)18-7-6-14(21)19-9-12(10-19)20-15(22)4-5-16(20)23/h1-3,8,12,18H,4-7,9-10H2. The van der Waals surface area contributed by atoms with Crippen LogP contribution in [0, 0.1) is 0 Å². The highest BCUT2D eigenvalue weighted by Crippen LogP contribution is 2.22. The van der Waals surface area contributed by atoms with Crippen LogP contribution in [0.3, 0.4) is 0 Å². The molecule has 0 aliphatic carbocycles. The van der Waals surface area contributed by atoms with Gasteiger partial charge in [0.25, 0.3) is 0 Å². The van der Waals surface area contributed by atoms with Crippen LogP contribution in [0.5, 0.6) is 0 Å². The van der Waals surface area contributed by atoms with Gasteiger partial charge in [-0.05, 0) is 18.2 Å². The van der Waals surface area contributed by atoms with Crippen molar-refractivity contribution in [1.82, 2.24) is 14.5 Å². The van der Waals surface area contributed by atoms with Gasteiger partial charge in [0.2, 0.25) is 27.7 Å². The minimum absolute atomic E-state index is 0.00555. The smallest absolute Gasteiger partial charge is 0.240 e. The summed E-state index contributed by atoms with van der Waals surface area (Å²) in [5.74, 6) is -0.614. The first-order chi connectivity index (χ1) is 12.3. The number of amides is 3.